The maximum absolute atomic E-state index is 12.4. The van der Waals surface area contributed by atoms with Gasteiger partial charge in [0.1, 0.15) is 0 Å². The van der Waals surface area contributed by atoms with E-state index in [-0.39, 0.29) is 5.91 Å². The number of carbonyl (C=O) groups is 1. The van der Waals surface area contributed by atoms with Crippen LogP contribution in [0.2, 0.25) is 0 Å². The fraction of sp³-hybridized carbons (Fsp3) is 0.278. The predicted molar refractivity (Wildman–Crippen MR) is 90.7 cm³/mol. The van der Waals surface area contributed by atoms with Crippen molar-refractivity contribution in [3.63, 3.8) is 0 Å². The molecule has 1 amide bonds. The van der Waals surface area contributed by atoms with Gasteiger partial charge in [0.15, 0.2) is 5.58 Å². The Bertz CT molecular complexity index is 805. The van der Waals surface area contributed by atoms with Crippen molar-refractivity contribution in [2.24, 2.45) is 0 Å². The Morgan fingerprint density at radius 1 is 1.04 bits per heavy atom. The number of hydrogen-bond donors (Lipinski definition) is 0. The van der Waals surface area contributed by atoms with Gasteiger partial charge in [-0.05, 0) is 17.7 Å². The molecule has 122 valence electrons. The zero-order chi connectivity index (χ0) is 16.4. The molecule has 0 N–H and O–H groups in total. The first-order valence-corrected chi connectivity index (χ1v) is 8.08. The van der Waals surface area contributed by atoms with Crippen molar-refractivity contribution in [1.82, 2.24) is 14.9 Å². The molecule has 0 unspecified atom stereocenters. The van der Waals surface area contributed by atoms with E-state index in [2.05, 4.69) is 14.9 Å². The summed E-state index contributed by atoms with van der Waals surface area (Å²) < 4.78 is 5.75. The summed E-state index contributed by atoms with van der Waals surface area (Å²) in [5.41, 5.74) is 2.36. The first-order chi connectivity index (χ1) is 11.8. The van der Waals surface area contributed by atoms with Gasteiger partial charge >= 0.3 is 0 Å². The molecule has 1 fully saturated rings. The summed E-state index contributed by atoms with van der Waals surface area (Å²) >= 11 is 0. The first-order valence-electron chi connectivity index (χ1n) is 8.08. The number of aromatic nitrogens is 2. The highest BCUT2D eigenvalue weighted by molar-refractivity contribution is 5.79. The Morgan fingerprint density at radius 2 is 1.83 bits per heavy atom. The van der Waals surface area contributed by atoms with Crippen LogP contribution in [0.25, 0.3) is 11.2 Å². The normalized spacial score (nSPS) is 15.0. The van der Waals surface area contributed by atoms with Gasteiger partial charge in [-0.3, -0.25) is 4.79 Å². The number of benzene rings is 1. The standard InChI is InChI=1S/C18H18N4O2/c23-16(13-14-5-2-1-3-6-14)21-9-11-22(12-10-21)18-20-17-15(24-18)7-4-8-19-17/h1-8H,9-13H2. The van der Waals surface area contributed by atoms with E-state index in [9.17, 15) is 4.79 Å². The maximum Gasteiger partial charge on any atom is 0.300 e. The van der Waals surface area contributed by atoms with Gasteiger partial charge < -0.3 is 14.2 Å². The van der Waals surface area contributed by atoms with E-state index in [1.54, 1.807) is 6.20 Å². The number of carbonyl (C=O) groups excluding carboxylic acids is 1. The van der Waals surface area contributed by atoms with Crippen molar-refractivity contribution in [2.75, 3.05) is 31.1 Å². The van der Waals surface area contributed by atoms with Gasteiger partial charge in [-0.15, -0.1) is 0 Å². The average Bonchev–Trinajstić information content (AvgIpc) is 3.07. The molecule has 0 atom stereocenters. The molecule has 0 saturated carbocycles. The SMILES string of the molecule is O=C(Cc1ccccc1)N1CCN(c2nc3ncccc3o2)CC1. The van der Waals surface area contributed by atoms with E-state index in [1.165, 1.54) is 0 Å². The lowest BCUT2D eigenvalue weighted by molar-refractivity contribution is -0.130. The minimum absolute atomic E-state index is 0.167. The second kappa shape index (κ2) is 6.31. The lowest BCUT2D eigenvalue weighted by atomic mass is 10.1. The van der Waals surface area contributed by atoms with Gasteiger partial charge in [-0.2, -0.15) is 4.98 Å². The molecule has 1 aliphatic heterocycles. The number of hydrogen-bond acceptors (Lipinski definition) is 5. The molecule has 1 aromatic carbocycles. The largest absolute Gasteiger partial charge is 0.422 e. The molecule has 1 saturated heterocycles. The van der Waals surface area contributed by atoms with Crippen molar-refractivity contribution in [1.29, 1.82) is 0 Å². The van der Waals surface area contributed by atoms with Gasteiger partial charge in [-0.25, -0.2) is 4.98 Å². The molecule has 4 rings (SSSR count). The van der Waals surface area contributed by atoms with E-state index in [0.717, 1.165) is 5.56 Å². The molecule has 0 radical (unpaired) electrons. The fourth-order valence-electron chi connectivity index (χ4n) is 2.92. The van der Waals surface area contributed by atoms with Crippen LogP contribution in [0.4, 0.5) is 6.01 Å². The molecule has 0 spiro atoms. The molecule has 6 heteroatoms. The molecular weight excluding hydrogens is 304 g/mol. The van der Waals surface area contributed by atoms with Gasteiger partial charge in [0.05, 0.1) is 6.42 Å². The molecule has 2 aromatic heterocycles. The summed E-state index contributed by atoms with van der Waals surface area (Å²) in [6, 6.07) is 14.1. The number of rotatable bonds is 3. The molecule has 1 aliphatic rings. The third-order valence-corrected chi connectivity index (χ3v) is 4.25. The number of anilines is 1. The lowest BCUT2D eigenvalue weighted by Gasteiger charge is -2.33. The summed E-state index contributed by atoms with van der Waals surface area (Å²) in [7, 11) is 0. The lowest BCUT2D eigenvalue weighted by Crippen LogP contribution is -2.49. The summed E-state index contributed by atoms with van der Waals surface area (Å²) in [5.74, 6) is 0.167. The minimum Gasteiger partial charge on any atom is -0.422 e. The van der Waals surface area contributed by atoms with Crippen LogP contribution in [-0.4, -0.2) is 47.0 Å². The van der Waals surface area contributed by atoms with E-state index < -0.39 is 0 Å². The summed E-state index contributed by atoms with van der Waals surface area (Å²) in [6.45, 7) is 2.79. The minimum atomic E-state index is 0.167. The number of nitrogens with zero attached hydrogens (tertiary/aromatic N) is 4. The maximum atomic E-state index is 12.4. The van der Waals surface area contributed by atoms with Gasteiger partial charge in [-0.1, -0.05) is 30.3 Å². The smallest absolute Gasteiger partial charge is 0.300 e. The first kappa shape index (κ1) is 14.7. The van der Waals surface area contributed by atoms with Crippen LogP contribution in [-0.2, 0) is 11.2 Å². The number of oxazole rings is 1. The second-order valence-electron chi connectivity index (χ2n) is 5.85. The Balaban J connectivity index is 1.38. The van der Waals surface area contributed by atoms with Crippen LogP contribution in [0.3, 0.4) is 0 Å². The van der Waals surface area contributed by atoms with Crippen molar-refractivity contribution in [3.05, 3.63) is 54.2 Å². The Hall–Kier alpha value is -2.89. The zero-order valence-corrected chi connectivity index (χ0v) is 13.3. The van der Waals surface area contributed by atoms with Crippen LogP contribution in [0, 0.1) is 0 Å². The number of fused-ring (bicyclic) bond motifs is 1. The highest BCUT2D eigenvalue weighted by Gasteiger charge is 2.24. The van der Waals surface area contributed by atoms with Gasteiger partial charge in [0, 0.05) is 32.4 Å². The van der Waals surface area contributed by atoms with Crippen LogP contribution in [0.1, 0.15) is 5.56 Å². The molecule has 3 aromatic rings. The third kappa shape index (κ3) is 2.95. The Morgan fingerprint density at radius 3 is 2.58 bits per heavy atom. The van der Waals surface area contributed by atoms with Gasteiger partial charge in [0.25, 0.3) is 6.01 Å². The molecule has 6 nitrogen and oxygen atoms in total. The Kier molecular flexibility index (Phi) is 3.86. The van der Waals surface area contributed by atoms with Crippen LogP contribution in [0.5, 0.6) is 0 Å². The van der Waals surface area contributed by atoms with Crippen LogP contribution >= 0.6 is 0 Å². The molecule has 3 heterocycles. The monoisotopic (exact) mass is 322 g/mol. The molecule has 0 bridgehead atoms. The molecule has 24 heavy (non-hydrogen) atoms. The summed E-state index contributed by atoms with van der Waals surface area (Å²) in [6.07, 6.45) is 2.16. The molecular formula is C18H18N4O2. The van der Waals surface area contributed by atoms with E-state index in [0.29, 0.717) is 49.8 Å². The van der Waals surface area contributed by atoms with E-state index in [4.69, 9.17) is 4.42 Å². The van der Waals surface area contributed by atoms with E-state index in [1.807, 2.05) is 47.4 Å². The number of amides is 1. The van der Waals surface area contributed by atoms with Crippen molar-refractivity contribution in [2.45, 2.75) is 6.42 Å². The Labute approximate surface area is 139 Å². The quantitative estimate of drug-likeness (QED) is 0.739. The van der Waals surface area contributed by atoms with Gasteiger partial charge in [0.2, 0.25) is 11.6 Å². The molecule has 0 aliphatic carbocycles. The highest BCUT2D eigenvalue weighted by atomic mass is 16.4. The fourth-order valence-corrected chi connectivity index (χ4v) is 2.92. The topological polar surface area (TPSA) is 62.5 Å². The summed E-state index contributed by atoms with van der Waals surface area (Å²) in [5, 5.41) is 0. The van der Waals surface area contributed by atoms with Crippen LogP contribution in [0.15, 0.2) is 53.1 Å². The van der Waals surface area contributed by atoms with Crippen molar-refractivity contribution in [3.8, 4) is 0 Å². The zero-order valence-electron chi connectivity index (χ0n) is 13.3. The highest BCUT2D eigenvalue weighted by Crippen LogP contribution is 2.21. The summed E-state index contributed by atoms with van der Waals surface area (Å²) in [4.78, 5) is 25.0. The average molecular weight is 322 g/mol. The van der Waals surface area contributed by atoms with Crippen molar-refractivity contribution >= 4 is 23.2 Å². The van der Waals surface area contributed by atoms with Crippen molar-refractivity contribution < 1.29 is 9.21 Å². The third-order valence-electron chi connectivity index (χ3n) is 4.25. The second-order valence-corrected chi connectivity index (χ2v) is 5.85. The number of piperazine rings is 1. The van der Waals surface area contributed by atoms with E-state index >= 15 is 0 Å². The predicted octanol–water partition coefficient (Wildman–Crippen LogP) is 2.11. The van der Waals surface area contributed by atoms with Crippen LogP contribution < -0.4 is 4.90 Å². The number of pyridine rings is 1.